The number of nitrogens with zero attached hydrogens (tertiary/aromatic N) is 1. The predicted molar refractivity (Wildman–Crippen MR) is 45.1 cm³/mol. The van der Waals surface area contributed by atoms with Crippen molar-refractivity contribution in [2.24, 2.45) is 5.73 Å². The lowest BCUT2D eigenvalue weighted by molar-refractivity contribution is 0.0996. The van der Waals surface area contributed by atoms with Crippen LogP contribution in [0.1, 0.15) is 29.9 Å². The summed E-state index contributed by atoms with van der Waals surface area (Å²) in [6.45, 7) is 3.37. The van der Waals surface area contributed by atoms with Gasteiger partial charge in [0, 0.05) is 5.41 Å². The number of hydrogen-bond acceptors (Lipinski definition) is 4. The van der Waals surface area contributed by atoms with Crippen LogP contribution in [0, 0.1) is 0 Å². The van der Waals surface area contributed by atoms with Crippen molar-refractivity contribution in [3.8, 4) is 0 Å². The molecule has 13 heavy (non-hydrogen) atoms. The Labute approximate surface area is 75.5 Å². The van der Waals surface area contributed by atoms with Crippen LogP contribution in [0.2, 0.25) is 0 Å². The van der Waals surface area contributed by atoms with Gasteiger partial charge in [0.05, 0.1) is 6.61 Å². The average Bonchev–Trinajstić information content (AvgIpc) is 2.52. The number of carbonyl (C=O) groups is 1. The lowest BCUT2D eigenvalue weighted by Gasteiger charge is -2.18. The first kappa shape index (κ1) is 9.73. The topological polar surface area (TPSA) is 89.3 Å². The monoisotopic (exact) mass is 184 g/mol. The van der Waals surface area contributed by atoms with E-state index in [2.05, 4.69) is 9.68 Å². The van der Waals surface area contributed by atoms with Crippen LogP contribution in [-0.4, -0.2) is 22.8 Å². The molecule has 1 rings (SSSR count). The van der Waals surface area contributed by atoms with Gasteiger partial charge in [-0.05, 0) is 0 Å². The summed E-state index contributed by atoms with van der Waals surface area (Å²) in [6.07, 6.45) is 1.19. The zero-order valence-corrected chi connectivity index (χ0v) is 7.57. The van der Waals surface area contributed by atoms with Crippen molar-refractivity contribution in [1.82, 2.24) is 5.16 Å². The van der Waals surface area contributed by atoms with E-state index < -0.39 is 11.3 Å². The fourth-order valence-electron chi connectivity index (χ4n) is 0.975. The van der Waals surface area contributed by atoms with E-state index in [0.717, 1.165) is 0 Å². The van der Waals surface area contributed by atoms with Crippen molar-refractivity contribution in [2.75, 3.05) is 6.61 Å². The number of primary amides is 1. The van der Waals surface area contributed by atoms with Gasteiger partial charge in [0.1, 0.15) is 17.5 Å². The summed E-state index contributed by atoms with van der Waals surface area (Å²) in [4.78, 5) is 10.9. The standard InChI is InChI=1S/C8H12N2O3/c1-8(2,4-11)6-5(7(9)12)3-13-10-6/h3,11H,4H2,1-2H3,(H2,9,12). The van der Waals surface area contributed by atoms with Gasteiger partial charge < -0.3 is 15.4 Å². The molecule has 1 aromatic rings. The second kappa shape index (κ2) is 3.18. The van der Waals surface area contributed by atoms with Gasteiger partial charge in [-0.2, -0.15) is 0 Å². The third kappa shape index (κ3) is 1.70. The Hall–Kier alpha value is -1.36. The lowest BCUT2D eigenvalue weighted by atomic mass is 9.88. The van der Waals surface area contributed by atoms with Crippen LogP contribution in [0.3, 0.4) is 0 Å². The molecule has 1 aromatic heterocycles. The molecule has 1 heterocycles. The number of aliphatic hydroxyl groups excluding tert-OH is 1. The molecular weight excluding hydrogens is 172 g/mol. The minimum absolute atomic E-state index is 0.125. The molecule has 0 aliphatic heterocycles. The Morgan fingerprint density at radius 2 is 2.38 bits per heavy atom. The second-order valence-corrected chi connectivity index (χ2v) is 3.48. The Bertz CT molecular complexity index is 317. The molecule has 0 radical (unpaired) electrons. The largest absolute Gasteiger partial charge is 0.395 e. The number of nitrogens with two attached hydrogens (primary N) is 1. The van der Waals surface area contributed by atoms with Crippen molar-refractivity contribution in [1.29, 1.82) is 0 Å². The van der Waals surface area contributed by atoms with Gasteiger partial charge in [0.25, 0.3) is 5.91 Å². The van der Waals surface area contributed by atoms with E-state index in [-0.39, 0.29) is 12.2 Å². The first-order chi connectivity index (χ1) is 5.99. The summed E-state index contributed by atoms with van der Waals surface area (Å²) in [7, 11) is 0. The molecule has 0 saturated carbocycles. The molecule has 0 fully saturated rings. The minimum atomic E-state index is -0.614. The molecule has 72 valence electrons. The number of aliphatic hydroxyl groups is 1. The number of carbonyl (C=O) groups excluding carboxylic acids is 1. The maximum atomic E-state index is 10.9. The fourth-order valence-corrected chi connectivity index (χ4v) is 0.975. The Balaban J connectivity index is 3.14. The number of rotatable bonds is 3. The normalized spacial score (nSPS) is 11.6. The SMILES string of the molecule is CC(C)(CO)c1nocc1C(N)=O. The summed E-state index contributed by atoms with van der Waals surface area (Å²) >= 11 is 0. The highest BCUT2D eigenvalue weighted by Crippen LogP contribution is 2.23. The zero-order valence-electron chi connectivity index (χ0n) is 7.57. The molecule has 0 aromatic carbocycles. The van der Waals surface area contributed by atoms with E-state index in [4.69, 9.17) is 10.8 Å². The summed E-state index contributed by atoms with van der Waals surface area (Å²) in [6, 6.07) is 0. The van der Waals surface area contributed by atoms with E-state index in [1.807, 2.05) is 0 Å². The molecule has 5 heteroatoms. The van der Waals surface area contributed by atoms with Gasteiger partial charge in [-0.25, -0.2) is 0 Å². The van der Waals surface area contributed by atoms with Crippen LogP contribution in [0.5, 0.6) is 0 Å². The van der Waals surface area contributed by atoms with Crippen LogP contribution in [0.4, 0.5) is 0 Å². The van der Waals surface area contributed by atoms with Crippen molar-refractivity contribution >= 4 is 5.91 Å². The summed E-state index contributed by atoms with van der Waals surface area (Å²) < 4.78 is 4.63. The molecule has 0 bridgehead atoms. The highest BCUT2D eigenvalue weighted by Gasteiger charge is 2.28. The Kier molecular flexibility index (Phi) is 2.38. The summed E-state index contributed by atoms with van der Waals surface area (Å²) in [5.74, 6) is -0.599. The first-order valence-corrected chi connectivity index (χ1v) is 3.84. The molecule has 3 N–H and O–H groups in total. The van der Waals surface area contributed by atoms with Crippen LogP contribution >= 0.6 is 0 Å². The van der Waals surface area contributed by atoms with E-state index in [9.17, 15) is 4.79 Å². The highest BCUT2D eigenvalue weighted by molar-refractivity contribution is 5.93. The van der Waals surface area contributed by atoms with E-state index in [1.54, 1.807) is 13.8 Å². The zero-order chi connectivity index (χ0) is 10.1. The Morgan fingerprint density at radius 3 is 2.85 bits per heavy atom. The maximum Gasteiger partial charge on any atom is 0.253 e. The molecule has 0 atom stereocenters. The van der Waals surface area contributed by atoms with Gasteiger partial charge >= 0.3 is 0 Å². The summed E-state index contributed by atoms with van der Waals surface area (Å²) in [5, 5.41) is 12.7. The van der Waals surface area contributed by atoms with E-state index in [0.29, 0.717) is 5.69 Å². The van der Waals surface area contributed by atoms with Gasteiger partial charge in [0.2, 0.25) is 0 Å². The number of hydrogen-bond donors (Lipinski definition) is 2. The first-order valence-electron chi connectivity index (χ1n) is 3.84. The van der Waals surface area contributed by atoms with Gasteiger partial charge in [-0.15, -0.1) is 0 Å². The molecule has 0 unspecified atom stereocenters. The van der Waals surface area contributed by atoms with Crippen molar-refractivity contribution in [3.05, 3.63) is 17.5 Å². The third-order valence-electron chi connectivity index (χ3n) is 1.87. The lowest BCUT2D eigenvalue weighted by Crippen LogP contribution is -2.26. The minimum Gasteiger partial charge on any atom is -0.395 e. The van der Waals surface area contributed by atoms with Crippen LogP contribution in [0.25, 0.3) is 0 Å². The highest BCUT2D eigenvalue weighted by atomic mass is 16.5. The molecule has 0 aliphatic carbocycles. The molecular formula is C8H12N2O3. The van der Waals surface area contributed by atoms with Gasteiger partial charge in [-0.1, -0.05) is 19.0 Å². The second-order valence-electron chi connectivity index (χ2n) is 3.48. The quantitative estimate of drug-likeness (QED) is 0.694. The number of aromatic nitrogens is 1. The smallest absolute Gasteiger partial charge is 0.253 e. The Morgan fingerprint density at radius 1 is 1.77 bits per heavy atom. The van der Waals surface area contributed by atoms with Crippen molar-refractivity contribution < 1.29 is 14.4 Å². The molecule has 0 aliphatic rings. The molecule has 1 amide bonds. The van der Waals surface area contributed by atoms with E-state index >= 15 is 0 Å². The van der Waals surface area contributed by atoms with Gasteiger partial charge in [0.15, 0.2) is 0 Å². The fraction of sp³-hybridized carbons (Fsp3) is 0.500. The van der Waals surface area contributed by atoms with Crippen LogP contribution in [-0.2, 0) is 5.41 Å². The number of amides is 1. The van der Waals surface area contributed by atoms with Crippen molar-refractivity contribution in [2.45, 2.75) is 19.3 Å². The third-order valence-corrected chi connectivity index (χ3v) is 1.87. The van der Waals surface area contributed by atoms with Crippen LogP contribution < -0.4 is 5.73 Å². The van der Waals surface area contributed by atoms with Crippen LogP contribution in [0.15, 0.2) is 10.8 Å². The predicted octanol–water partition coefficient (Wildman–Crippen LogP) is 0.0434. The molecule has 5 nitrogen and oxygen atoms in total. The van der Waals surface area contributed by atoms with E-state index in [1.165, 1.54) is 6.26 Å². The molecule has 0 saturated heterocycles. The maximum absolute atomic E-state index is 10.9. The average molecular weight is 184 g/mol. The van der Waals surface area contributed by atoms with Gasteiger partial charge in [-0.3, -0.25) is 4.79 Å². The summed E-state index contributed by atoms with van der Waals surface area (Å²) in [5.41, 5.74) is 5.09. The molecule has 0 spiro atoms. The van der Waals surface area contributed by atoms with Crippen molar-refractivity contribution in [3.63, 3.8) is 0 Å².